The molecule has 0 aliphatic heterocycles. The van der Waals surface area contributed by atoms with Crippen LogP contribution in [0.5, 0.6) is 0 Å². The largest absolute Gasteiger partial charge is 0.351 e. The molecule has 0 unspecified atom stereocenters. The third-order valence-electron chi connectivity index (χ3n) is 2.98. The van der Waals surface area contributed by atoms with Gasteiger partial charge < -0.3 is 16.0 Å². The normalized spacial score (nSPS) is 10.0. The molecule has 1 aromatic heterocycles. The highest BCUT2D eigenvalue weighted by Crippen LogP contribution is 2.08. The van der Waals surface area contributed by atoms with Crippen molar-refractivity contribution < 1.29 is 4.79 Å². The number of thiazole rings is 1. The Balaban J connectivity index is 0. The summed E-state index contributed by atoms with van der Waals surface area (Å²) in [6.45, 7) is 8.77. The molecule has 0 bridgehead atoms. The highest BCUT2D eigenvalue weighted by atomic mass is 35.5. The molecule has 22 heavy (non-hydrogen) atoms. The van der Waals surface area contributed by atoms with E-state index in [-0.39, 0.29) is 30.7 Å². The number of amides is 1. The average Bonchev–Trinajstić information content (AvgIpc) is 2.92. The Morgan fingerprint density at radius 2 is 1.91 bits per heavy atom. The van der Waals surface area contributed by atoms with Gasteiger partial charge >= 0.3 is 0 Å². The van der Waals surface area contributed by atoms with Gasteiger partial charge in [-0.15, -0.1) is 36.2 Å². The molecule has 0 fully saturated rings. The van der Waals surface area contributed by atoms with Crippen molar-refractivity contribution in [3.63, 3.8) is 0 Å². The van der Waals surface area contributed by atoms with Crippen LogP contribution in [0.1, 0.15) is 48.6 Å². The molecule has 1 amide bonds. The zero-order valence-electron chi connectivity index (χ0n) is 13.3. The molecule has 0 saturated heterocycles. The predicted molar refractivity (Wildman–Crippen MR) is 98.5 cm³/mol. The van der Waals surface area contributed by atoms with Gasteiger partial charge in [0, 0.05) is 18.5 Å². The van der Waals surface area contributed by atoms with Crippen LogP contribution in [0.3, 0.4) is 0 Å². The maximum Gasteiger partial charge on any atom is 0.270 e. The molecule has 0 atom stereocenters. The maximum atomic E-state index is 11.8. The number of carbonyl (C=O) groups excluding carboxylic acids is 1. The standard InChI is InChI=1S/C14H26N4OS.2ClH/c1-3-7-18(8-4-2)9-5-6-16-14(19)12-11-20-13(10-15)17-12;;/h11H,3-10,15H2,1-2H3,(H,16,19);2*1H. The van der Waals surface area contributed by atoms with Crippen molar-refractivity contribution in [3.8, 4) is 0 Å². The Morgan fingerprint density at radius 3 is 2.41 bits per heavy atom. The van der Waals surface area contributed by atoms with Crippen LogP contribution in [-0.4, -0.2) is 42.0 Å². The lowest BCUT2D eigenvalue weighted by Gasteiger charge is -2.20. The molecule has 8 heteroatoms. The number of carbonyl (C=O) groups is 1. The van der Waals surface area contributed by atoms with Crippen LogP contribution in [0, 0.1) is 0 Å². The number of nitrogens with zero attached hydrogens (tertiary/aromatic N) is 2. The predicted octanol–water partition coefficient (Wildman–Crippen LogP) is 2.69. The number of nitrogens with two attached hydrogens (primary N) is 1. The summed E-state index contributed by atoms with van der Waals surface area (Å²) in [5, 5.41) is 5.47. The maximum absolute atomic E-state index is 11.8. The van der Waals surface area contributed by atoms with Crippen molar-refractivity contribution in [1.29, 1.82) is 0 Å². The Labute approximate surface area is 149 Å². The molecule has 0 saturated carbocycles. The molecular formula is C14H28Cl2N4OS. The van der Waals surface area contributed by atoms with Crippen molar-refractivity contribution in [1.82, 2.24) is 15.2 Å². The lowest BCUT2D eigenvalue weighted by Crippen LogP contribution is -2.31. The Morgan fingerprint density at radius 1 is 1.27 bits per heavy atom. The van der Waals surface area contributed by atoms with Crippen LogP contribution in [0.4, 0.5) is 0 Å². The highest BCUT2D eigenvalue weighted by molar-refractivity contribution is 7.09. The summed E-state index contributed by atoms with van der Waals surface area (Å²) in [6, 6.07) is 0. The fourth-order valence-corrected chi connectivity index (χ4v) is 2.73. The van der Waals surface area contributed by atoms with Crippen LogP contribution >= 0.6 is 36.2 Å². The average molecular weight is 371 g/mol. The molecular weight excluding hydrogens is 343 g/mol. The molecule has 5 nitrogen and oxygen atoms in total. The summed E-state index contributed by atoms with van der Waals surface area (Å²) in [6.07, 6.45) is 3.32. The molecule has 0 spiro atoms. The lowest BCUT2D eigenvalue weighted by atomic mass is 10.3. The van der Waals surface area contributed by atoms with Crippen molar-refractivity contribution in [2.45, 2.75) is 39.7 Å². The van der Waals surface area contributed by atoms with Crippen molar-refractivity contribution in [2.24, 2.45) is 5.73 Å². The van der Waals surface area contributed by atoms with Crippen LogP contribution in [0.25, 0.3) is 0 Å². The number of hydrogen-bond donors (Lipinski definition) is 2. The number of rotatable bonds is 10. The molecule has 1 aromatic rings. The quantitative estimate of drug-likeness (QED) is 0.621. The molecule has 1 heterocycles. The van der Waals surface area contributed by atoms with E-state index >= 15 is 0 Å². The van der Waals surface area contributed by atoms with Gasteiger partial charge in [-0.25, -0.2) is 4.98 Å². The Bertz CT molecular complexity index is 398. The zero-order chi connectivity index (χ0) is 14.8. The second-order valence-corrected chi connectivity index (χ2v) is 5.72. The van der Waals surface area contributed by atoms with Crippen LogP contribution in [-0.2, 0) is 6.54 Å². The van der Waals surface area contributed by atoms with Gasteiger partial charge in [0.25, 0.3) is 5.91 Å². The minimum Gasteiger partial charge on any atom is -0.351 e. The minimum atomic E-state index is -0.0986. The summed E-state index contributed by atoms with van der Waals surface area (Å²) < 4.78 is 0. The van der Waals surface area contributed by atoms with Gasteiger partial charge in [0.2, 0.25) is 0 Å². The first-order valence-corrected chi connectivity index (χ1v) is 8.24. The highest BCUT2D eigenvalue weighted by Gasteiger charge is 2.09. The van der Waals surface area contributed by atoms with Gasteiger partial charge in [-0.1, -0.05) is 13.8 Å². The number of aromatic nitrogens is 1. The summed E-state index contributed by atoms with van der Waals surface area (Å²) in [4.78, 5) is 18.5. The van der Waals surface area contributed by atoms with E-state index in [1.54, 1.807) is 5.38 Å². The van der Waals surface area contributed by atoms with E-state index in [2.05, 4.69) is 29.0 Å². The zero-order valence-corrected chi connectivity index (χ0v) is 15.8. The van der Waals surface area contributed by atoms with Crippen LogP contribution in [0.15, 0.2) is 5.38 Å². The minimum absolute atomic E-state index is 0. The summed E-state index contributed by atoms with van der Waals surface area (Å²) >= 11 is 1.43. The van der Waals surface area contributed by atoms with Gasteiger partial charge in [0.15, 0.2) is 0 Å². The molecule has 0 aromatic carbocycles. The first-order chi connectivity index (χ1) is 9.71. The van der Waals surface area contributed by atoms with Crippen molar-refractivity contribution >= 4 is 42.1 Å². The monoisotopic (exact) mass is 370 g/mol. The third kappa shape index (κ3) is 8.90. The van der Waals surface area contributed by atoms with E-state index < -0.39 is 0 Å². The topological polar surface area (TPSA) is 71.2 Å². The van der Waals surface area contributed by atoms with E-state index in [9.17, 15) is 4.79 Å². The van der Waals surface area contributed by atoms with E-state index in [0.29, 0.717) is 18.8 Å². The molecule has 1 rings (SSSR count). The fraction of sp³-hybridized carbons (Fsp3) is 0.714. The van der Waals surface area contributed by atoms with Gasteiger partial charge in [0.05, 0.1) is 0 Å². The third-order valence-corrected chi connectivity index (χ3v) is 3.85. The summed E-state index contributed by atoms with van der Waals surface area (Å²) in [5.41, 5.74) is 5.97. The fourth-order valence-electron chi connectivity index (χ4n) is 2.07. The molecule has 3 N–H and O–H groups in total. The smallest absolute Gasteiger partial charge is 0.270 e. The van der Waals surface area contributed by atoms with E-state index in [0.717, 1.165) is 31.1 Å². The van der Waals surface area contributed by atoms with Gasteiger partial charge in [-0.2, -0.15) is 0 Å². The van der Waals surface area contributed by atoms with E-state index in [1.165, 1.54) is 24.2 Å². The first-order valence-electron chi connectivity index (χ1n) is 7.36. The first kappa shape index (κ1) is 23.9. The van der Waals surface area contributed by atoms with Gasteiger partial charge in [0.1, 0.15) is 10.7 Å². The molecule has 0 aliphatic carbocycles. The van der Waals surface area contributed by atoms with Crippen molar-refractivity contribution in [3.05, 3.63) is 16.1 Å². The Hall–Kier alpha value is -0.400. The van der Waals surface area contributed by atoms with Gasteiger partial charge in [-0.3, -0.25) is 4.79 Å². The van der Waals surface area contributed by atoms with Crippen molar-refractivity contribution in [2.75, 3.05) is 26.2 Å². The number of nitrogens with one attached hydrogen (secondary N) is 1. The second kappa shape index (κ2) is 14.2. The summed E-state index contributed by atoms with van der Waals surface area (Å²) in [5.74, 6) is -0.0986. The van der Waals surface area contributed by atoms with Crippen LogP contribution < -0.4 is 11.1 Å². The van der Waals surface area contributed by atoms with E-state index in [4.69, 9.17) is 5.73 Å². The number of halogens is 2. The molecule has 130 valence electrons. The van der Waals surface area contributed by atoms with Crippen LogP contribution in [0.2, 0.25) is 0 Å². The molecule has 0 aliphatic rings. The Kier molecular flexibility index (Phi) is 15.4. The number of hydrogen-bond acceptors (Lipinski definition) is 5. The molecule has 0 radical (unpaired) electrons. The van der Waals surface area contributed by atoms with E-state index in [1.807, 2.05) is 0 Å². The lowest BCUT2D eigenvalue weighted by molar-refractivity contribution is 0.0947. The SMILES string of the molecule is CCCN(CCC)CCCNC(=O)c1csc(CN)n1.Cl.Cl. The summed E-state index contributed by atoms with van der Waals surface area (Å²) in [7, 11) is 0. The van der Waals surface area contributed by atoms with Gasteiger partial charge in [-0.05, 0) is 38.9 Å². The second-order valence-electron chi connectivity index (χ2n) is 4.78.